The Morgan fingerprint density at radius 2 is 0.844 bits per heavy atom. The molecule has 4 nitrogen and oxygen atoms in total. The lowest BCUT2D eigenvalue weighted by molar-refractivity contribution is 0.100. The van der Waals surface area contributed by atoms with Crippen LogP contribution in [0.2, 0.25) is 0 Å². The van der Waals surface area contributed by atoms with Crippen LogP contribution in [-0.2, 0) is 0 Å². The second-order valence-corrected chi connectivity index (χ2v) is 7.64. The van der Waals surface area contributed by atoms with E-state index in [0.29, 0.717) is 22.3 Å². The third kappa shape index (κ3) is 4.91. The molecule has 0 heterocycles. The maximum Gasteiger partial charge on any atom is 0.193 e. The minimum absolute atomic E-state index is 0.139. The molecule has 0 aliphatic carbocycles. The molecule has 3 rings (SSSR count). The summed E-state index contributed by atoms with van der Waals surface area (Å²) in [7, 11) is 0. The van der Waals surface area contributed by atoms with Crippen LogP contribution >= 0.6 is 0 Å². The van der Waals surface area contributed by atoms with Crippen molar-refractivity contribution in [3.8, 4) is 0 Å². The first kappa shape index (κ1) is 23.3. The van der Waals surface area contributed by atoms with E-state index in [1.165, 1.54) is 0 Å². The summed E-state index contributed by atoms with van der Waals surface area (Å²) in [6.45, 7) is 12.1. The number of hydrogen-bond acceptors (Lipinski definition) is 4. The number of ketones is 2. The molecule has 0 spiro atoms. The van der Waals surface area contributed by atoms with E-state index >= 15 is 0 Å². The number of hydrogen-bond donors (Lipinski definition) is 0. The number of benzene rings is 3. The lowest BCUT2D eigenvalue weighted by atomic mass is 9.93. The van der Waals surface area contributed by atoms with Crippen molar-refractivity contribution >= 4 is 22.9 Å². The summed E-state index contributed by atoms with van der Waals surface area (Å²) in [5.41, 5.74) is 4.20. The lowest BCUT2D eigenvalue weighted by Gasteiger charge is -2.21. The van der Waals surface area contributed by atoms with E-state index in [0.717, 1.165) is 37.6 Å². The zero-order valence-electron chi connectivity index (χ0n) is 19.5. The van der Waals surface area contributed by atoms with E-state index in [-0.39, 0.29) is 11.6 Å². The van der Waals surface area contributed by atoms with Crippen molar-refractivity contribution in [2.24, 2.45) is 0 Å². The largest absolute Gasteiger partial charge is 0.372 e. The van der Waals surface area contributed by atoms with Crippen LogP contribution in [0.3, 0.4) is 0 Å². The van der Waals surface area contributed by atoms with E-state index < -0.39 is 0 Å². The maximum absolute atomic E-state index is 13.3. The fourth-order valence-electron chi connectivity index (χ4n) is 4.01. The Labute approximate surface area is 191 Å². The van der Waals surface area contributed by atoms with Gasteiger partial charge in [-0.3, -0.25) is 9.59 Å². The van der Waals surface area contributed by atoms with Crippen LogP contribution in [0.15, 0.2) is 72.8 Å². The van der Waals surface area contributed by atoms with Gasteiger partial charge in [0, 0.05) is 59.8 Å². The molecule has 0 fully saturated rings. The van der Waals surface area contributed by atoms with E-state index in [1.807, 2.05) is 48.5 Å². The summed E-state index contributed by atoms with van der Waals surface area (Å²) in [4.78, 5) is 31.0. The summed E-state index contributed by atoms with van der Waals surface area (Å²) in [5, 5.41) is 0. The number of rotatable bonds is 10. The van der Waals surface area contributed by atoms with Crippen LogP contribution < -0.4 is 9.80 Å². The average Bonchev–Trinajstić information content (AvgIpc) is 2.85. The molecule has 0 radical (unpaired) electrons. The molecule has 0 N–H and O–H groups in total. The summed E-state index contributed by atoms with van der Waals surface area (Å²) in [6.07, 6.45) is 0. The van der Waals surface area contributed by atoms with Crippen LogP contribution in [0.1, 0.15) is 59.5 Å². The highest BCUT2D eigenvalue weighted by Gasteiger charge is 2.19. The molecule has 166 valence electrons. The van der Waals surface area contributed by atoms with Crippen LogP contribution in [0.5, 0.6) is 0 Å². The lowest BCUT2D eigenvalue weighted by Crippen LogP contribution is -2.21. The van der Waals surface area contributed by atoms with Crippen molar-refractivity contribution in [1.29, 1.82) is 0 Å². The normalized spacial score (nSPS) is 10.6. The van der Waals surface area contributed by atoms with Gasteiger partial charge in [0.25, 0.3) is 0 Å². The highest BCUT2D eigenvalue weighted by molar-refractivity contribution is 6.19. The fraction of sp³-hybridized carbons (Fsp3) is 0.286. The predicted octanol–water partition coefficient (Wildman–Crippen LogP) is 5.84. The van der Waals surface area contributed by atoms with Crippen molar-refractivity contribution < 1.29 is 9.59 Å². The van der Waals surface area contributed by atoms with E-state index in [9.17, 15) is 9.59 Å². The predicted molar refractivity (Wildman–Crippen MR) is 133 cm³/mol. The maximum atomic E-state index is 13.3. The van der Waals surface area contributed by atoms with Crippen molar-refractivity contribution in [3.63, 3.8) is 0 Å². The van der Waals surface area contributed by atoms with Gasteiger partial charge in [-0.25, -0.2) is 0 Å². The molecule has 0 unspecified atom stereocenters. The van der Waals surface area contributed by atoms with Crippen molar-refractivity contribution in [1.82, 2.24) is 0 Å². The monoisotopic (exact) mass is 428 g/mol. The van der Waals surface area contributed by atoms with Crippen LogP contribution in [0, 0.1) is 0 Å². The number of anilines is 2. The fourth-order valence-corrected chi connectivity index (χ4v) is 4.01. The zero-order chi connectivity index (χ0) is 23.1. The van der Waals surface area contributed by atoms with E-state index in [1.54, 1.807) is 24.3 Å². The SMILES string of the molecule is CCN(CC)c1ccc(C(=O)c2ccccc2C(=O)c2ccc(N(CC)CC)cc2)cc1. The van der Waals surface area contributed by atoms with E-state index in [4.69, 9.17) is 0 Å². The topological polar surface area (TPSA) is 40.6 Å². The Bertz CT molecular complexity index is 961. The van der Waals surface area contributed by atoms with Gasteiger partial charge in [-0.05, 0) is 76.2 Å². The van der Waals surface area contributed by atoms with Crippen LogP contribution in [0.4, 0.5) is 11.4 Å². The Kier molecular flexibility index (Phi) is 7.82. The number of carbonyl (C=O) groups excluding carboxylic acids is 2. The third-order valence-corrected chi connectivity index (χ3v) is 5.93. The molecule has 0 aliphatic heterocycles. The van der Waals surface area contributed by atoms with Gasteiger partial charge in [-0.2, -0.15) is 0 Å². The second kappa shape index (κ2) is 10.8. The van der Waals surface area contributed by atoms with E-state index in [2.05, 4.69) is 37.5 Å². The molecular formula is C28H32N2O2. The van der Waals surface area contributed by atoms with Gasteiger partial charge < -0.3 is 9.80 Å². The first-order valence-electron chi connectivity index (χ1n) is 11.4. The van der Waals surface area contributed by atoms with Gasteiger partial charge in [-0.15, -0.1) is 0 Å². The molecule has 0 bridgehead atoms. The van der Waals surface area contributed by atoms with Gasteiger partial charge in [0.05, 0.1) is 0 Å². The van der Waals surface area contributed by atoms with Gasteiger partial charge in [0.2, 0.25) is 0 Å². The molecule has 3 aromatic carbocycles. The summed E-state index contributed by atoms with van der Waals surface area (Å²) in [6, 6.07) is 22.3. The Balaban J connectivity index is 1.88. The first-order valence-corrected chi connectivity index (χ1v) is 11.4. The molecule has 0 atom stereocenters. The number of carbonyl (C=O) groups is 2. The Hall–Kier alpha value is -3.40. The number of nitrogens with zero attached hydrogens (tertiary/aromatic N) is 2. The quantitative estimate of drug-likeness (QED) is 0.380. The molecule has 0 saturated heterocycles. The summed E-state index contributed by atoms with van der Waals surface area (Å²) >= 11 is 0. The molecule has 0 aromatic heterocycles. The summed E-state index contributed by atoms with van der Waals surface area (Å²) in [5.74, 6) is -0.278. The third-order valence-electron chi connectivity index (χ3n) is 5.93. The second-order valence-electron chi connectivity index (χ2n) is 7.64. The Morgan fingerprint density at radius 1 is 0.531 bits per heavy atom. The smallest absolute Gasteiger partial charge is 0.193 e. The zero-order valence-corrected chi connectivity index (χ0v) is 19.5. The molecule has 0 amide bonds. The highest BCUT2D eigenvalue weighted by Crippen LogP contribution is 2.22. The van der Waals surface area contributed by atoms with Gasteiger partial charge in [0.1, 0.15) is 0 Å². The van der Waals surface area contributed by atoms with Crippen molar-refractivity contribution in [2.45, 2.75) is 27.7 Å². The molecule has 0 aliphatic rings. The van der Waals surface area contributed by atoms with Crippen molar-refractivity contribution in [2.75, 3.05) is 36.0 Å². The highest BCUT2D eigenvalue weighted by atomic mass is 16.1. The average molecular weight is 429 g/mol. The van der Waals surface area contributed by atoms with Gasteiger partial charge in [-0.1, -0.05) is 24.3 Å². The minimum Gasteiger partial charge on any atom is -0.372 e. The molecule has 3 aromatic rings. The molecule has 32 heavy (non-hydrogen) atoms. The standard InChI is InChI=1S/C28H32N2O2/c1-5-29(6-2)23-17-13-21(14-18-23)27(31)25-11-9-10-12-26(25)28(32)22-15-19-24(20-16-22)30(7-3)8-4/h9-20H,5-8H2,1-4H3. The first-order chi connectivity index (χ1) is 15.5. The molecular weight excluding hydrogens is 396 g/mol. The minimum atomic E-state index is -0.139. The van der Waals surface area contributed by atoms with Gasteiger partial charge in [0.15, 0.2) is 11.6 Å². The van der Waals surface area contributed by atoms with Crippen molar-refractivity contribution in [3.05, 3.63) is 95.1 Å². The summed E-state index contributed by atoms with van der Waals surface area (Å²) < 4.78 is 0. The van der Waals surface area contributed by atoms with Gasteiger partial charge >= 0.3 is 0 Å². The van der Waals surface area contributed by atoms with Crippen LogP contribution in [0.25, 0.3) is 0 Å². The molecule has 0 saturated carbocycles. The molecule has 4 heteroatoms. The van der Waals surface area contributed by atoms with Crippen LogP contribution in [-0.4, -0.2) is 37.7 Å². The Morgan fingerprint density at radius 3 is 1.12 bits per heavy atom.